The second-order valence-electron chi connectivity index (χ2n) is 10.2. The topological polar surface area (TPSA) is 86.8 Å². The second kappa shape index (κ2) is 13.7. The Labute approximate surface area is 226 Å². The summed E-state index contributed by atoms with van der Waals surface area (Å²) in [5.41, 5.74) is 1.97. The summed E-state index contributed by atoms with van der Waals surface area (Å²) in [4.78, 5) is 28.5. The lowest BCUT2D eigenvalue weighted by atomic mass is 9.95. The van der Waals surface area contributed by atoms with Gasteiger partial charge in [0.2, 0.25) is 21.8 Å². The average molecular weight is 546 g/mol. The summed E-state index contributed by atoms with van der Waals surface area (Å²) in [6.07, 6.45) is 6.95. The number of aryl methyl sites for hydroxylation is 1. The van der Waals surface area contributed by atoms with Gasteiger partial charge in [0, 0.05) is 25.6 Å². The minimum atomic E-state index is -3.76. The van der Waals surface area contributed by atoms with E-state index in [4.69, 9.17) is 0 Å². The van der Waals surface area contributed by atoms with Gasteiger partial charge in [0.25, 0.3) is 0 Å². The molecule has 3 rings (SSSR count). The molecule has 0 heterocycles. The molecule has 208 valence electrons. The number of carbonyl (C=O) groups is 2. The van der Waals surface area contributed by atoms with Crippen LogP contribution in [0.5, 0.6) is 0 Å². The molecule has 1 aliphatic rings. The molecule has 2 amide bonds. The van der Waals surface area contributed by atoms with E-state index in [9.17, 15) is 22.4 Å². The molecule has 1 N–H and O–H groups in total. The van der Waals surface area contributed by atoms with Crippen LogP contribution in [0.3, 0.4) is 0 Å². The summed E-state index contributed by atoms with van der Waals surface area (Å²) in [6, 6.07) is 13.0. The Morgan fingerprint density at radius 3 is 2.32 bits per heavy atom. The Morgan fingerprint density at radius 1 is 1.05 bits per heavy atom. The number of sulfonamides is 1. The van der Waals surface area contributed by atoms with E-state index in [1.54, 1.807) is 11.0 Å². The van der Waals surface area contributed by atoms with Crippen LogP contribution in [0, 0.1) is 12.7 Å². The first kappa shape index (κ1) is 29.6. The third-order valence-electron chi connectivity index (χ3n) is 7.08. The van der Waals surface area contributed by atoms with Crippen molar-refractivity contribution < 1.29 is 22.4 Å². The highest BCUT2D eigenvalue weighted by atomic mass is 32.2. The number of carbonyl (C=O) groups excluding carboxylic acids is 2. The standard InChI is InChI=1S/C29H40FN3O4S/c1-4-26(29(35)31-24-11-6-5-7-12-24)32(21-23-18-16-22(2)17-19-23)28(34)15-10-20-33(38(3,36)37)27-14-9-8-13-25(27)30/h8-9,13-14,16-19,24,26H,4-7,10-12,15,20-21H2,1-3H3,(H,31,35)/t26-/m1/s1. The number of para-hydroxylation sites is 1. The van der Waals surface area contributed by atoms with E-state index in [1.807, 2.05) is 38.1 Å². The SMILES string of the molecule is CC[C@H](C(=O)NC1CCCCC1)N(Cc1ccc(C)cc1)C(=O)CCCN(c1ccccc1F)S(C)(=O)=O. The van der Waals surface area contributed by atoms with E-state index in [0.29, 0.717) is 6.42 Å². The fourth-order valence-corrected chi connectivity index (χ4v) is 5.96. The number of nitrogens with zero attached hydrogens (tertiary/aromatic N) is 2. The summed E-state index contributed by atoms with van der Waals surface area (Å²) in [6.45, 7) is 4.11. The van der Waals surface area contributed by atoms with Crippen molar-refractivity contribution in [3.63, 3.8) is 0 Å². The highest BCUT2D eigenvalue weighted by molar-refractivity contribution is 7.92. The van der Waals surface area contributed by atoms with E-state index >= 15 is 0 Å². The molecule has 1 saturated carbocycles. The maximum absolute atomic E-state index is 14.4. The van der Waals surface area contributed by atoms with E-state index < -0.39 is 21.9 Å². The first-order chi connectivity index (χ1) is 18.1. The summed E-state index contributed by atoms with van der Waals surface area (Å²) < 4.78 is 40.2. The van der Waals surface area contributed by atoms with E-state index in [-0.39, 0.29) is 49.5 Å². The largest absolute Gasteiger partial charge is 0.352 e. The van der Waals surface area contributed by atoms with Crippen LogP contribution < -0.4 is 9.62 Å². The van der Waals surface area contributed by atoms with Gasteiger partial charge in [-0.1, -0.05) is 68.1 Å². The number of halogens is 1. The lowest BCUT2D eigenvalue weighted by Gasteiger charge is -2.33. The smallest absolute Gasteiger partial charge is 0.243 e. The van der Waals surface area contributed by atoms with E-state index in [1.165, 1.54) is 24.6 Å². The molecule has 1 aliphatic carbocycles. The Kier molecular flexibility index (Phi) is 10.7. The highest BCUT2D eigenvalue weighted by Crippen LogP contribution is 2.23. The fraction of sp³-hybridized carbons (Fsp3) is 0.517. The molecule has 38 heavy (non-hydrogen) atoms. The van der Waals surface area contributed by atoms with Crippen molar-refractivity contribution in [3.05, 3.63) is 65.5 Å². The van der Waals surface area contributed by atoms with Crippen molar-refractivity contribution in [3.8, 4) is 0 Å². The molecule has 1 atom stereocenters. The van der Waals surface area contributed by atoms with Crippen LogP contribution >= 0.6 is 0 Å². The summed E-state index contributed by atoms with van der Waals surface area (Å²) >= 11 is 0. The zero-order chi connectivity index (χ0) is 27.7. The summed E-state index contributed by atoms with van der Waals surface area (Å²) in [5.74, 6) is -1.03. The van der Waals surface area contributed by atoms with Crippen molar-refractivity contribution in [2.24, 2.45) is 0 Å². The molecule has 2 aromatic rings. The lowest BCUT2D eigenvalue weighted by molar-refractivity contribution is -0.141. The zero-order valence-corrected chi connectivity index (χ0v) is 23.5. The molecule has 0 spiro atoms. The molecule has 0 saturated heterocycles. The van der Waals surface area contributed by atoms with Crippen LogP contribution in [0.1, 0.15) is 69.4 Å². The van der Waals surface area contributed by atoms with Crippen LogP contribution in [0.2, 0.25) is 0 Å². The van der Waals surface area contributed by atoms with Crippen molar-refractivity contribution >= 4 is 27.5 Å². The molecule has 1 fully saturated rings. The van der Waals surface area contributed by atoms with Gasteiger partial charge in [0.1, 0.15) is 11.9 Å². The molecular formula is C29H40FN3O4S. The van der Waals surface area contributed by atoms with Crippen LogP contribution in [-0.2, 0) is 26.2 Å². The number of amides is 2. The number of benzene rings is 2. The van der Waals surface area contributed by atoms with Crippen LogP contribution in [-0.4, -0.2) is 50.0 Å². The number of rotatable bonds is 12. The molecule has 2 aromatic carbocycles. The highest BCUT2D eigenvalue weighted by Gasteiger charge is 2.30. The monoisotopic (exact) mass is 545 g/mol. The van der Waals surface area contributed by atoms with Crippen LogP contribution in [0.15, 0.2) is 48.5 Å². The molecule has 9 heteroatoms. The van der Waals surface area contributed by atoms with Crippen molar-refractivity contribution in [2.45, 2.75) is 83.8 Å². The van der Waals surface area contributed by atoms with Gasteiger partial charge in [0.15, 0.2) is 0 Å². The molecular weight excluding hydrogens is 505 g/mol. The molecule has 0 radical (unpaired) electrons. The summed E-state index contributed by atoms with van der Waals surface area (Å²) in [5, 5.41) is 3.16. The van der Waals surface area contributed by atoms with Gasteiger partial charge in [-0.15, -0.1) is 0 Å². The Hall–Kier alpha value is -2.94. The molecule has 0 bridgehead atoms. The van der Waals surface area contributed by atoms with E-state index in [2.05, 4.69) is 5.32 Å². The van der Waals surface area contributed by atoms with E-state index in [0.717, 1.165) is 47.4 Å². The minimum absolute atomic E-state index is 0.0273. The van der Waals surface area contributed by atoms with Crippen LogP contribution in [0.4, 0.5) is 10.1 Å². The predicted molar refractivity (Wildman–Crippen MR) is 149 cm³/mol. The first-order valence-electron chi connectivity index (χ1n) is 13.5. The average Bonchev–Trinajstić information content (AvgIpc) is 2.88. The van der Waals surface area contributed by atoms with Crippen molar-refractivity contribution in [1.29, 1.82) is 0 Å². The number of hydrogen-bond donors (Lipinski definition) is 1. The van der Waals surface area contributed by atoms with Gasteiger partial charge < -0.3 is 10.2 Å². The van der Waals surface area contributed by atoms with Crippen LogP contribution in [0.25, 0.3) is 0 Å². The van der Waals surface area contributed by atoms with Gasteiger partial charge >= 0.3 is 0 Å². The number of nitrogens with one attached hydrogen (secondary N) is 1. The maximum atomic E-state index is 14.4. The molecule has 0 unspecified atom stereocenters. The van der Waals surface area contributed by atoms with Gasteiger partial charge in [-0.25, -0.2) is 12.8 Å². The molecule has 0 aromatic heterocycles. The van der Waals surface area contributed by atoms with Gasteiger partial charge in [-0.2, -0.15) is 0 Å². The van der Waals surface area contributed by atoms with Gasteiger partial charge in [-0.05, 0) is 50.3 Å². The van der Waals surface area contributed by atoms with Crippen molar-refractivity contribution in [2.75, 3.05) is 17.1 Å². The Balaban J connectivity index is 1.76. The molecule has 7 nitrogen and oxygen atoms in total. The third-order valence-corrected chi connectivity index (χ3v) is 8.26. The van der Waals surface area contributed by atoms with Gasteiger partial charge in [0.05, 0.1) is 11.9 Å². The number of anilines is 1. The number of hydrogen-bond acceptors (Lipinski definition) is 4. The van der Waals surface area contributed by atoms with Gasteiger partial charge in [-0.3, -0.25) is 13.9 Å². The zero-order valence-electron chi connectivity index (χ0n) is 22.7. The maximum Gasteiger partial charge on any atom is 0.243 e. The summed E-state index contributed by atoms with van der Waals surface area (Å²) in [7, 11) is -3.76. The normalized spacial score (nSPS) is 15.1. The first-order valence-corrected chi connectivity index (χ1v) is 15.3. The Morgan fingerprint density at radius 2 is 1.71 bits per heavy atom. The lowest BCUT2D eigenvalue weighted by Crippen LogP contribution is -2.51. The third kappa shape index (κ3) is 8.28. The quantitative estimate of drug-likeness (QED) is 0.410. The second-order valence-corrected chi connectivity index (χ2v) is 12.1. The minimum Gasteiger partial charge on any atom is -0.352 e. The van der Waals surface area contributed by atoms with Crippen molar-refractivity contribution in [1.82, 2.24) is 10.2 Å². The fourth-order valence-electron chi connectivity index (χ4n) is 4.99. The Bertz CT molecular complexity index is 1180. The predicted octanol–water partition coefficient (Wildman–Crippen LogP) is 4.94. The molecule has 0 aliphatic heterocycles.